The van der Waals surface area contributed by atoms with Gasteiger partial charge in [0.05, 0.1) is 13.0 Å². The van der Waals surface area contributed by atoms with E-state index < -0.39 is 5.97 Å². The fourth-order valence-electron chi connectivity index (χ4n) is 2.71. The van der Waals surface area contributed by atoms with Crippen LogP contribution in [-0.4, -0.2) is 43.2 Å². The quantitative estimate of drug-likeness (QED) is 0.887. The first-order chi connectivity index (χ1) is 8.63. The lowest BCUT2D eigenvalue weighted by atomic mass is 9.80. The van der Waals surface area contributed by atoms with E-state index in [1.807, 2.05) is 31.3 Å². The average Bonchev–Trinajstić information content (AvgIpc) is 2.38. The number of methoxy groups -OCH3 is 1. The maximum absolute atomic E-state index is 11.4. The van der Waals surface area contributed by atoms with Crippen LogP contribution in [-0.2, 0) is 4.79 Å². The second-order valence-electron chi connectivity index (χ2n) is 4.84. The number of nitrogens with zero attached hydrogens (tertiary/aromatic N) is 1. The van der Waals surface area contributed by atoms with Crippen molar-refractivity contribution >= 4 is 5.97 Å². The van der Waals surface area contributed by atoms with Gasteiger partial charge in [0.25, 0.3) is 0 Å². The molecule has 2 atom stereocenters. The van der Waals surface area contributed by atoms with Gasteiger partial charge in [-0.05, 0) is 31.6 Å². The zero-order chi connectivity index (χ0) is 13.1. The van der Waals surface area contributed by atoms with E-state index in [2.05, 4.69) is 4.90 Å². The van der Waals surface area contributed by atoms with E-state index in [0.29, 0.717) is 6.54 Å². The highest BCUT2D eigenvalue weighted by Gasteiger charge is 2.35. The number of benzene rings is 1. The standard InChI is InChI=1S/C14H19NO3/c1-15-8-7-10(12(9-15)14(16)17)11-5-3-4-6-13(11)18-2/h3-6,10,12H,7-9H2,1-2H3,(H,16,17). The summed E-state index contributed by atoms with van der Waals surface area (Å²) in [5.74, 6) is -0.259. The number of ether oxygens (including phenoxy) is 1. The lowest BCUT2D eigenvalue weighted by molar-refractivity contribution is -0.144. The predicted molar refractivity (Wildman–Crippen MR) is 69.0 cm³/mol. The SMILES string of the molecule is COc1ccccc1C1CCN(C)CC1C(=O)O. The molecule has 2 rings (SSSR count). The number of para-hydroxylation sites is 1. The maximum Gasteiger partial charge on any atom is 0.308 e. The van der Waals surface area contributed by atoms with Crippen LogP contribution in [0.1, 0.15) is 17.9 Å². The number of carbonyl (C=O) groups is 1. The molecule has 1 heterocycles. The first kappa shape index (κ1) is 12.9. The monoisotopic (exact) mass is 249 g/mol. The van der Waals surface area contributed by atoms with Gasteiger partial charge in [-0.15, -0.1) is 0 Å². The Labute approximate surface area is 107 Å². The number of aliphatic carboxylic acids is 1. The van der Waals surface area contributed by atoms with Gasteiger partial charge < -0.3 is 14.7 Å². The van der Waals surface area contributed by atoms with Crippen LogP contribution in [0.3, 0.4) is 0 Å². The molecule has 1 fully saturated rings. The summed E-state index contributed by atoms with van der Waals surface area (Å²) < 4.78 is 5.35. The highest BCUT2D eigenvalue weighted by molar-refractivity contribution is 5.72. The summed E-state index contributed by atoms with van der Waals surface area (Å²) in [5.41, 5.74) is 1.01. The summed E-state index contributed by atoms with van der Waals surface area (Å²) >= 11 is 0. The molecule has 4 nitrogen and oxygen atoms in total. The molecule has 1 aromatic rings. The molecule has 1 aromatic carbocycles. The third-order valence-electron chi connectivity index (χ3n) is 3.67. The third kappa shape index (κ3) is 2.48. The molecule has 1 aliphatic heterocycles. The number of likely N-dealkylation sites (tertiary alicyclic amines) is 1. The summed E-state index contributed by atoms with van der Waals surface area (Å²) in [6.45, 7) is 1.52. The minimum atomic E-state index is -0.725. The number of hydrogen-bond acceptors (Lipinski definition) is 3. The Hall–Kier alpha value is -1.55. The molecular formula is C14H19NO3. The minimum Gasteiger partial charge on any atom is -0.496 e. The summed E-state index contributed by atoms with van der Waals surface area (Å²) in [7, 11) is 3.60. The molecule has 0 bridgehead atoms. The predicted octanol–water partition coefficient (Wildman–Crippen LogP) is 1.82. The largest absolute Gasteiger partial charge is 0.496 e. The molecule has 0 amide bonds. The van der Waals surface area contributed by atoms with Gasteiger partial charge >= 0.3 is 5.97 Å². The van der Waals surface area contributed by atoms with Gasteiger partial charge in [-0.25, -0.2) is 0 Å². The minimum absolute atomic E-state index is 0.0369. The third-order valence-corrected chi connectivity index (χ3v) is 3.67. The van der Waals surface area contributed by atoms with Crippen LogP contribution in [0.2, 0.25) is 0 Å². The molecule has 1 saturated heterocycles. The van der Waals surface area contributed by atoms with Crippen LogP contribution in [0, 0.1) is 5.92 Å². The van der Waals surface area contributed by atoms with E-state index in [1.54, 1.807) is 7.11 Å². The van der Waals surface area contributed by atoms with Crippen molar-refractivity contribution in [2.24, 2.45) is 5.92 Å². The van der Waals surface area contributed by atoms with E-state index >= 15 is 0 Å². The summed E-state index contributed by atoms with van der Waals surface area (Å²) in [6.07, 6.45) is 0.855. The molecule has 4 heteroatoms. The summed E-state index contributed by atoms with van der Waals surface area (Å²) in [5, 5.41) is 9.38. The van der Waals surface area contributed by atoms with E-state index in [9.17, 15) is 9.90 Å². The molecule has 98 valence electrons. The Morgan fingerprint density at radius 3 is 2.83 bits per heavy atom. The van der Waals surface area contributed by atoms with Gasteiger partial charge in [0.1, 0.15) is 5.75 Å². The topological polar surface area (TPSA) is 49.8 Å². The first-order valence-electron chi connectivity index (χ1n) is 6.17. The summed E-state index contributed by atoms with van der Waals surface area (Å²) in [4.78, 5) is 13.5. The van der Waals surface area contributed by atoms with Crippen LogP contribution in [0.15, 0.2) is 24.3 Å². The first-order valence-corrected chi connectivity index (χ1v) is 6.17. The highest BCUT2D eigenvalue weighted by atomic mass is 16.5. The number of rotatable bonds is 3. The fraction of sp³-hybridized carbons (Fsp3) is 0.500. The molecule has 1 aliphatic rings. The van der Waals surface area contributed by atoms with E-state index in [1.165, 1.54) is 0 Å². The molecule has 0 radical (unpaired) electrons. The van der Waals surface area contributed by atoms with E-state index in [-0.39, 0.29) is 11.8 Å². The smallest absolute Gasteiger partial charge is 0.308 e. The van der Waals surface area contributed by atoms with Crippen molar-refractivity contribution < 1.29 is 14.6 Å². The molecule has 18 heavy (non-hydrogen) atoms. The fourth-order valence-corrected chi connectivity index (χ4v) is 2.71. The molecule has 0 aliphatic carbocycles. The molecule has 1 N–H and O–H groups in total. The van der Waals surface area contributed by atoms with Gasteiger partial charge in [0, 0.05) is 12.5 Å². The number of carboxylic acid groups (broad SMARTS) is 1. The van der Waals surface area contributed by atoms with Crippen molar-refractivity contribution in [3.63, 3.8) is 0 Å². The zero-order valence-electron chi connectivity index (χ0n) is 10.8. The van der Waals surface area contributed by atoms with Gasteiger partial charge in [-0.1, -0.05) is 18.2 Å². The number of hydrogen-bond donors (Lipinski definition) is 1. The van der Waals surface area contributed by atoms with Crippen molar-refractivity contribution in [1.29, 1.82) is 0 Å². The summed E-state index contributed by atoms with van der Waals surface area (Å²) in [6, 6.07) is 7.72. The van der Waals surface area contributed by atoms with Crippen molar-refractivity contribution in [2.45, 2.75) is 12.3 Å². The highest BCUT2D eigenvalue weighted by Crippen LogP contribution is 2.37. The maximum atomic E-state index is 11.4. The van der Waals surface area contributed by atoms with Crippen LogP contribution < -0.4 is 4.74 Å². The van der Waals surface area contributed by atoms with Gasteiger partial charge in [0.2, 0.25) is 0 Å². The van der Waals surface area contributed by atoms with Crippen molar-refractivity contribution in [2.75, 3.05) is 27.2 Å². The molecule has 2 unspecified atom stereocenters. The molecule has 0 spiro atoms. The second-order valence-corrected chi connectivity index (χ2v) is 4.84. The van der Waals surface area contributed by atoms with Crippen LogP contribution >= 0.6 is 0 Å². The Bertz CT molecular complexity index is 433. The van der Waals surface area contributed by atoms with Crippen LogP contribution in [0.25, 0.3) is 0 Å². The Morgan fingerprint density at radius 2 is 2.17 bits per heavy atom. The van der Waals surface area contributed by atoms with Crippen LogP contribution in [0.5, 0.6) is 5.75 Å². The van der Waals surface area contributed by atoms with Gasteiger partial charge in [-0.2, -0.15) is 0 Å². The normalized spacial score (nSPS) is 24.8. The van der Waals surface area contributed by atoms with Gasteiger partial charge in [0.15, 0.2) is 0 Å². The Morgan fingerprint density at radius 1 is 1.44 bits per heavy atom. The lowest BCUT2D eigenvalue weighted by Gasteiger charge is -2.35. The molecule has 0 saturated carbocycles. The van der Waals surface area contributed by atoms with E-state index in [4.69, 9.17) is 4.74 Å². The van der Waals surface area contributed by atoms with Gasteiger partial charge in [-0.3, -0.25) is 4.79 Å². The van der Waals surface area contributed by atoms with Crippen molar-refractivity contribution in [3.05, 3.63) is 29.8 Å². The second kappa shape index (κ2) is 5.40. The lowest BCUT2D eigenvalue weighted by Crippen LogP contribution is -2.40. The van der Waals surface area contributed by atoms with Crippen molar-refractivity contribution in [3.8, 4) is 5.75 Å². The Balaban J connectivity index is 2.32. The van der Waals surface area contributed by atoms with Crippen LogP contribution in [0.4, 0.5) is 0 Å². The Kier molecular flexibility index (Phi) is 3.87. The number of carboxylic acids is 1. The zero-order valence-corrected chi connectivity index (χ0v) is 10.8. The molecular weight excluding hydrogens is 230 g/mol. The number of piperidine rings is 1. The molecule has 0 aromatic heterocycles. The average molecular weight is 249 g/mol. The van der Waals surface area contributed by atoms with E-state index in [0.717, 1.165) is 24.3 Å². The van der Waals surface area contributed by atoms with Crippen molar-refractivity contribution in [1.82, 2.24) is 4.90 Å².